The van der Waals surface area contributed by atoms with Crippen LogP contribution >= 0.6 is 24.8 Å². The van der Waals surface area contributed by atoms with Gasteiger partial charge in [-0.05, 0) is 24.8 Å². The molecule has 2 fully saturated rings. The Kier molecular flexibility index (Phi) is 7.13. The minimum Gasteiger partial charge on any atom is -0.314 e. The first-order valence-corrected chi connectivity index (χ1v) is 7.29. The van der Waals surface area contributed by atoms with Gasteiger partial charge in [-0.3, -0.25) is 4.90 Å². The highest BCUT2D eigenvalue weighted by Crippen LogP contribution is 2.46. The summed E-state index contributed by atoms with van der Waals surface area (Å²) in [4.78, 5) is 2.12. The predicted octanol–water partition coefficient (Wildman–Crippen LogP) is 4.04. The van der Waals surface area contributed by atoms with Gasteiger partial charge in [-0.1, -0.05) is 12.1 Å². The zero-order valence-electron chi connectivity index (χ0n) is 12.4. The minimum atomic E-state index is -4.64. The number of benzene rings is 1. The van der Waals surface area contributed by atoms with Gasteiger partial charge in [0, 0.05) is 37.8 Å². The standard InChI is InChI=1S/C15H18F4N2.2ClH/c16-13-11(2-1-3-12(13)15(17,18)19)14(10-4-5-10)21-8-6-20-7-9-21;;/h1-3,10,14,20H,4-9H2;2*1H/t14-;;/m0../s1. The summed E-state index contributed by atoms with van der Waals surface area (Å²) in [5, 5.41) is 3.22. The van der Waals surface area contributed by atoms with Crippen molar-refractivity contribution in [2.24, 2.45) is 5.92 Å². The predicted molar refractivity (Wildman–Crippen MR) is 85.8 cm³/mol. The summed E-state index contributed by atoms with van der Waals surface area (Å²) in [6.45, 7) is 3.08. The zero-order valence-corrected chi connectivity index (χ0v) is 14.0. The van der Waals surface area contributed by atoms with Crippen molar-refractivity contribution in [1.29, 1.82) is 0 Å². The molecule has 0 radical (unpaired) electrons. The molecule has 1 atom stereocenters. The molecule has 1 saturated carbocycles. The Hall–Kier alpha value is -0.560. The smallest absolute Gasteiger partial charge is 0.314 e. The van der Waals surface area contributed by atoms with Crippen molar-refractivity contribution in [2.45, 2.75) is 25.1 Å². The Labute approximate surface area is 145 Å². The van der Waals surface area contributed by atoms with E-state index in [0.717, 1.165) is 45.1 Å². The van der Waals surface area contributed by atoms with Crippen LogP contribution in [0.1, 0.15) is 30.0 Å². The van der Waals surface area contributed by atoms with E-state index >= 15 is 0 Å². The van der Waals surface area contributed by atoms with Crippen LogP contribution in [0.15, 0.2) is 18.2 Å². The fourth-order valence-electron chi connectivity index (χ4n) is 3.12. The van der Waals surface area contributed by atoms with E-state index in [1.165, 1.54) is 12.1 Å². The van der Waals surface area contributed by atoms with E-state index in [1.807, 2.05) is 0 Å². The number of alkyl halides is 3. The molecule has 0 aromatic heterocycles. The lowest BCUT2D eigenvalue weighted by molar-refractivity contribution is -0.140. The number of nitrogens with one attached hydrogen (secondary N) is 1. The maximum Gasteiger partial charge on any atom is 0.419 e. The monoisotopic (exact) mass is 374 g/mol. The average molecular weight is 375 g/mol. The second-order valence-corrected chi connectivity index (χ2v) is 5.77. The Balaban J connectivity index is 0.00000132. The van der Waals surface area contributed by atoms with Gasteiger partial charge in [0.15, 0.2) is 0 Å². The van der Waals surface area contributed by atoms with E-state index in [2.05, 4.69) is 10.2 Å². The third kappa shape index (κ3) is 4.50. The summed E-state index contributed by atoms with van der Waals surface area (Å²) in [6.07, 6.45) is -2.72. The molecule has 3 rings (SSSR count). The largest absolute Gasteiger partial charge is 0.419 e. The van der Waals surface area contributed by atoms with E-state index in [-0.39, 0.29) is 42.3 Å². The third-order valence-corrected chi connectivity index (χ3v) is 4.27. The van der Waals surface area contributed by atoms with Crippen molar-refractivity contribution in [3.8, 4) is 0 Å². The number of piperazine rings is 1. The van der Waals surface area contributed by atoms with Crippen LogP contribution in [0.25, 0.3) is 0 Å². The molecule has 2 nitrogen and oxygen atoms in total. The molecule has 1 aromatic rings. The van der Waals surface area contributed by atoms with Gasteiger partial charge in [0.2, 0.25) is 0 Å². The summed E-state index contributed by atoms with van der Waals surface area (Å²) in [5.41, 5.74) is -0.949. The number of nitrogens with zero attached hydrogens (tertiary/aromatic N) is 1. The van der Waals surface area contributed by atoms with E-state index in [9.17, 15) is 17.6 Å². The van der Waals surface area contributed by atoms with Crippen LogP contribution in [-0.4, -0.2) is 31.1 Å². The van der Waals surface area contributed by atoms with Crippen LogP contribution in [0.3, 0.4) is 0 Å². The summed E-state index contributed by atoms with van der Waals surface area (Å²) < 4.78 is 53.1. The molecule has 1 heterocycles. The Bertz CT molecular complexity index is 515. The Morgan fingerprint density at radius 3 is 2.22 bits per heavy atom. The van der Waals surface area contributed by atoms with Crippen molar-refractivity contribution >= 4 is 24.8 Å². The molecule has 132 valence electrons. The zero-order chi connectivity index (χ0) is 15.0. The van der Waals surface area contributed by atoms with Gasteiger partial charge in [-0.15, -0.1) is 24.8 Å². The number of hydrogen-bond acceptors (Lipinski definition) is 2. The first-order valence-electron chi connectivity index (χ1n) is 7.29. The van der Waals surface area contributed by atoms with Crippen LogP contribution in [0, 0.1) is 11.7 Å². The Morgan fingerprint density at radius 2 is 1.70 bits per heavy atom. The second kappa shape index (κ2) is 8.01. The van der Waals surface area contributed by atoms with Gasteiger partial charge in [-0.25, -0.2) is 4.39 Å². The van der Waals surface area contributed by atoms with Crippen molar-refractivity contribution < 1.29 is 17.6 Å². The van der Waals surface area contributed by atoms with Crippen molar-refractivity contribution in [1.82, 2.24) is 10.2 Å². The van der Waals surface area contributed by atoms with Gasteiger partial charge in [-0.2, -0.15) is 13.2 Å². The Morgan fingerprint density at radius 1 is 1.09 bits per heavy atom. The SMILES string of the molecule is Cl.Cl.Fc1c([C@H](C2CC2)N2CCNCC2)cccc1C(F)(F)F. The third-order valence-electron chi connectivity index (χ3n) is 4.27. The lowest BCUT2D eigenvalue weighted by Crippen LogP contribution is -2.46. The van der Waals surface area contributed by atoms with Gasteiger partial charge in [0.1, 0.15) is 5.82 Å². The summed E-state index contributed by atoms with van der Waals surface area (Å²) in [6, 6.07) is 3.42. The highest BCUT2D eigenvalue weighted by molar-refractivity contribution is 5.85. The summed E-state index contributed by atoms with van der Waals surface area (Å²) in [5.74, 6) is -0.818. The second-order valence-electron chi connectivity index (χ2n) is 5.77. The molecule has 0 bridgehead atoms. The molecule has 1 saturated heterocycles. The molecule has 0 spiro atoms. The highest BCUT2D eigenvalue weighted by Gasteiger charge is 2.41. The molecule has 8 heteroatoms. The van der Waals surface area contributed by atoms with Crippen molar-refractivity contribution in [3.05, 3.63) is 35.1 Å². The van der Waals surface area contributed by atoms with E-state index in [1.54, 1.807) is 0 Å². The fourth-order valence-corrected chi connectivity index (χ4v) is 3.12. The van der Waals surface area contributed by atoms with Crippen LogP contribution in [0.5, 0.6) is 0 Å². The van der Waals surface area contributed by atoms with Gasteiger partial charge in [0.05, 0.1) is 5.56 Å². The van der Waals surface area contributed by atoms with Crippen LogP contribution < -0.4 is 5.32 Å². The molecule has 2 aliphatic rings. The molecule has 0 unspecified atom stereocenters. The van der Waals surface area contributed by atoms with E-state index in [0.29, 0.717) is 0 Å². The van der Waals surface area contributed by atoms with Crippen LogP contribution in [0.2, 0.25) is 0 Å². The molecule has 1 aliphatic heterocycles. The van der Waals surface area contributed by atoms with Gasteiger partial charge >= 0.3 is 6.18 Å². The molecule has 1 N–H and O–H groups in total. The first-order chi connectivity index (χ1) is 9.98. The maximum atomic E-state index is 14.4. The quantitative estimate of drug-likeness (QED) is 0.803. The van der Waals surface area contributed by atoms with Gasteiger partial charge in [0.25, 0.3) is 0 Å². The van der Waals surface area contributed by atoms with E-state index < -0.39 is 17.6 Å². The van der Waals surface area contributed by atoms with Crippen molar-refractivity contribution in [2.75, 3.05) is 26.2 Å². The molecular formula is C15H20Cl2F4N2. The maximum absolute atomic E-state index is 14.4. The van der Waals surface area contributed by atoms with Crippen LogP contribution in [-0.2, 0) is 6.18 Å². The molecule has 0 amide bonds. The fraction of sp³-hybridized carbons (Fsp3) is 0.600. The molecular weight excluding hydrogens is 355 g/mol. The number of halogens is 6. The molecule has 1 aliphatic carbocycles. The lowest BCUT2D eigenvalue weighted by atomic mass is 9.96. The average Bonchev–Trinajstić information content (AvgIpc) is 3.26. The van der Waals surface area contributed by atoms with Crippen LogP contribution in [0.4, 0.5) is 17.6 Å². The molecule has 1 aromatic carbocycles. The summed E-state index contributed by atoms with van der Waals surface area (Å²) in [7, 11) is 0. The van der Waals surface area contributed by atoms with Crippen molar-refractivity contribution in [3.63, 3.8) is 0 Å². The highest BCUT2D eigenvalue weighted by atomic mass is 35.5. The minimum absolute atomic E-state index is 0. The molecule has 23 heavy (non-hydrogen) atoms. The summed E-state index contributed by atoms with van der Waals surface area (Å²) >= 11 is 0. The number of hydrogen-bond donors (Lipinski definition) is 1. The normalized spacial score (nSPS) is 20.3. The van der Waals surface area contributed by atoms with E-state index in [4.69, 9.17) is 0 Å². The lowest BCUT2D eigenvalue weighted by Gasteiger charge is -2.36. The number of rotatable bonds is 3. The van der Waals surface area contributed by atoms with Gasteiger partial charge < -0.3 is 5.32 Å². The first kappa shape index (κ1) is 20.5. The topological polar surface area (TPSA) is 15.3 Å².